The molecule has 2 unspecified atom stereocenters. The van der Waals surface area contributed by atoms with Gasteiger partial charge in [0.05, 0.1) is 21.9 Å². The number of Topliss-reactive ketones (excluding diaryl/α,β-unsaturated/α-hetero) is 1. The second-order valence-electron chi connectivity index (χ2n) is 11.0. The van der Waals surface area contributed by atoms with Crippen molar-refractivity contribution in [1.82, 2.24) is 20.2 Å². The standard InChI is InChI=1S/C32H39N5O3S2/c1-2-3-4-5-6-7-8-9-10-14-20-41-28-22-29(38)36(31(28)40)26-19-15-18-24-25(26)21-27(30(24)39)42-32-33-34-35-37(32)23-16-12-11-13-17-23/h11-13,15-19,27-28H,2-10,14,20-22H2,1H3. The number of ketones is 1. The number of unbranched alkanes of at least 4 members (excludes halogenated alkanes) is 9. The Morgan fingerprint density at radius 1 is 0.810 bits per heavy atom. The number of nitrogens with zero attached hydrogens (tertiary/aromatic N) is 5. The van der Waals surface area contributed by atoms with Crippen LogP contribution in [0.5, 0.6) is 0 Å². The highest BCUT2D eigenvalue weighted by molar-refractivity contribution is 8.00. The van der Waals surface area contributed by atoms with E-state index in [1.807, 2.05) is 30.3 Å². The minimum atomic E-state index is -0.441. The summed E-state index contributed by atoms with van der Waals surface area (Å²) < 4.78 is 1.62. The maximum absolute atomic E-state index is 13.4. The van der Waals surface area contributed by atoms with Crippen LogP contribution in [0.1, 0.15) is 93.5 Å². The molecule has 1 aliphatic carbocycles. The molecule has 1 saturated heterocycles. The Labute approximate surface area is 256 Å². The zero-order valence-corrected chi connectivity index (χ0v) is 25.9. The molecule has 5 rings (SSSR count). The van der Waals surface area contributed by atoms with Crippen molar-refractivity contribution in [3.8, 4) is 5.69 Å². The van der Waals surface area contributed by atoms with E-state index in [9.17, 15) is 14.4 Å². The third-order valence-corrected chi connectivity index (χ3v) is 10.4. The summed E-state index contributed by atoms with van der Waals surface area (Å²) in [6, 6.07) is 14.9. The molecule has 0 saturated carbocycles. The number of thioether (sulfide) groups is 2. The van der Waals surface area contributed by atoms with E-state index in [0.29, 0.717) is 22.8 Å². The molecule has 2 atom stereocenters. The maximum Gasteiger partial charge on any atom is 0.247 e. The Balaban J connectivity index is 1.14. The van der Waals surface area contributed by atoms with Crippen molar-refractivity contribution in [2.45, 2.75) is 99.6 Å². The van der Waals surface area contributed by atoms with E-state index in [-0.39, 0.29) is 29.3 Å². The zero-order chi connectivity index (χ0) is 29.3. The highest BCUT2D eigenvalue weighted by atomic mass is 32.2. The summed E-state index contributed by atoms with van der Waals surface area (Å²) in [6.45, 7) is 2.25. The van der Waals surface area contributed by atoms with Crippen molar-refractivity contribution in [3.05, 3.63) is 59.7 Å². The first-order valence-corrected chi connectivity index (χ1v) is 17.2. The van der Waals surface area contributed by atoms with Gasteiger partial charge in [-0.25, -0.2) is 4.90 Å². The summed E-state index contributed by atoms with van der Waals surface area (Å²) in [7, 11) is 0. The van der Waals surface area contributed by atoms with Crippen LogP contribution in [0.25, 0.3) is 5.69 Å². The van der Waals surface area contributed by atoms with Crippen LogP contribution in [0.4, 0.5) is 5.69 Å². The van der Waals surface area contributed by atoms with E-state index in [0.717, 1.165) is 23.4 Å². The first-order valence-electron chi connectivity index (χ1n) is 15.2. The molecule has 1 fully saturated rings. The van der Waals surface area contributed by atoms with Gasteiger partial charge in [-0.1, -0.05) is 107 Å². The van der Waals surface area contributed by atoms with E-state index in [1.165, 1.54) is 74.4 Å². The number of benzene rings is 2. The van der Waals surface area contributed by atoms with Crippen LogP contribution >= 0.6 is 23.5 Å². The van der Waals surface area contributed by atoms with Gasteiger partial charge in [0.1, 0.15) is 0 Å². The lowest BCUT2D eigenvalue weighted by molar-refractivity contribution is -0.121. The summed E-state index contributed by atoms with van der Waals surface area (Å²) in [5.74, 6) is 0.492. The van der Waals surface area contributed by atoms with E-state index >= 15 is 0 Å². The average Bonchev–Trinajstić information content (AvgIpc) is 3.68. The van der Waals surface area contributed by atoms with E-state index in [1.54, 1.807) is 34.6 Å². The van der Waals surface area contributed by atoms with Gasteiger partial charge in [0.2, 0.25) is 17.0 Å². The summed E-state index contributed by atoms with van der Waals surface area (Å²) in [4.78, 5) is 41.2. The largest absolute Gasteiger partial charge is 0.293 e. The first-order chi connectivity index (χ1) is 20.6. The lowest BCUT2D eigenvalue weighted by Gasteiger charge is -2.18. The van der Waals surface area contributed by atoms with Crippen LogP contribution < -0.4 is 4.90 Å². The monoisotopic (exact) mass is 605 g/mol. The SMILES string of the molecule is CCCCCCCCCCCCSC1CC(=O)N(c2cccc3c2CC(Sc2nnnn2-c2ccccc2)C3=O)C1=O. The number of hydrogen-bond acceptors (Lipinski definition) is 8. The Kier molecular flexibility index (Phi) is 10.9. The molecule has 0 spiro atoms. The number of aromatic nitrogens is 4. The van der Waals surface area contributed by atoms with E-state index in [2.05, 4.69) is 22.4 Å². The first kappa shape index (κ1) is 30.5. The van der Waals surface area contributed by atoms with Crippen LogP contribution in [0.15, 0.2) is 53.7 Å². The van der Waals surface area contributed by atoms with Crippen LogP contribution in [-0.2, 0) is 16.0 Å². The fourth-order valence-electron chi connectivity index (χ4n) is 5.69. The van der Waals surface area contributed by atoms with Crippen molar-refractivity contribution in [3.63, 3.8) is 0 Å². The molecular weight excluding hydrogens is 567 g/mol. The number of carbonyl (C=O) groups excluding carboxylic acids is 3. The van der Waals surface area contributed by atoms with Crippen molar-refractivity contribution < 1.29 is 14.4 Å². The van der Waals surface area contributed by atoms with Gasteiger partial charge in [0, 0.05) is 12.0 Å². The predicted octanol–water partition coefficient (Wildman–Crippen LogP) is 6.85. The molecule has 42 heavy (non-hydrogen) atoms. The van der Waals surface area contributed by atoms with Gasteiger partial charge in [0.25, 0.3) is 0 Å². The summed E-state index contributed by atoms with van der Waals surface area (Å²) in [6.07, 6.45) is 13.4. The van der Waals surface area contributed by atoms with E-state index < -0.39 is 5.25 Å². The van der Waals surface area contributed by atoms with Crippen molar-refractivity contribution in [1.29, 1.82) is 0 Å². The average molecular weight is 606 g/mol. The zero-order valence-electron chi connectivity index (χ0n) is 24.2. The van der Waals surface area contributed by atoms with Gasteiger partial charge in [0.15, 0.2) is 5.78 Å². The molecule has 2 aliphatic rings. The topological polar surface area (TPSA) is 98.1 Å². The number of anilines is 1. The summed E-state index contributed by atoms with van der Waals surface area (Å²) >= 11 is 2.91. The van der Waals surface area contributed by atoms with Gasteiger partial charge in [-0.2, -0.15) is 4.68 Å². The molecule has 0 bridgehead atoms. The van der Waals surface area contributed by atoms with Gasteiger partial charge >= 0.3 is 0 Å². The molecule has 222 valence electrons. The molecule has 1 aliphatic heterocycles. The quantitative estimate of drug-likeness (QED) is 0.129. The predicted molar refractivity (Wildman–Crippen MR) is 168 cm³/mol. The summed E-state index contributed by atoms with van der Waals surface area (Å²) in [5.41, 5.74) is 2.67. The van der Waals surface area contributed by atoms with Gasteiger partial charge in [-0.05, 0) is 52.8 Å². The number of fused-ring (bicyclic) bond motifs is 1. The number of carbonyl (C=O) groups is 3. The lowest BCUT2D eigenvalue weighted by Crippen LogP contribution is -2.32. The molecule has 0 N–H and O–H groups in total. The molecule has 2 heterocycles. The summed E-state index contributed by atoms with van der Waals surface area (Å²) in [5, 5.41) is 11.8. The van der Waals surface area contributed by atoms with Crippen LogP contribution in [-0.4, -0.2) is 54.1 Å². The number of para-hydroxylation sites is 1. The lowest BCUT2D eigenvalue weighted by atomic mass is 10.1. The number of hydrogen-bond donors (Lipinski definition) is 0. The Bertz CT molecular complexity index is 1380. The van der Waals surface area contributed by atoms with Crippen molar-refractivity contribution in [2.75, 3.05) is 10.7 Å². The fourth-order valence-corrected chi connectivity index (χ4v) is 7.92. The van der Waals surface area contributed by atoms with Crippen LogP contribution in [0.3, 0.4) is 0 Å². The molecule has 8 nitrogen and oxygen atoms in total. The molecule has 1 aromatic heterocycles. The van der Waals surface area contributed by atoms with Gasteiger partial charge in [-0.15, -0.1) is 16.9 Å². The van der Waals surface area contributed by atoms with Crippen molar-refractivity contribution >= 4 is 46.8 Å². The van der Waals surface area contributed by atoms with Crippen LogP contribution in [0, 0.1) is 0 Å². The molecule has 0 radical (unpaired) electrons. The van der Waals surface area contributed by atoms with Crippen LogP contribution in [0.2, 0.25) is 0 Å². The normalized spacial score (nSPS) is 18.3. The number of tetrazole rings is 1. The molecule has 2 aromatic carbocycles. The van der Waals surface area contributed by atoms with Gasteiger partial charge < -0.3 is 0 Å². The minimum Gasteiger partial charge on any atom is -0.293 e. The van der Waals surface area contributed by atoms with Crippen molar-refractivity contribution in [2.24, 2.45) is 0 Å². The molecular formula is C32H39N5O3S2. The third kappa shape index (κ3) is 7.14. The highest BCUT2D eigenvalue weighted by Gasteiger charge is 2.43. The Morgan fingerprint density at radius 3 is 2.26 bits per heavy atom. The fraction of sp³-hybridized carbons (Fsp3) is 0.500. The molecule has 3 aromatic rings. The second kappa shape index (κ2) is 15.0. The third-order valence-electron chi connectivity index (χ3n) is 7.95. The van der Waals surface area contributed by atoms with E-state index in [4.69, 9.17) is 0 Å². The Hall–Kier alpha value is -2.98. The Morgan fingerprint density at radius 2 is 1.52 bits per heavy atom. The van der Waals surface area contributed by atoms with Gasteiger partial charge in [-0.3, -0.25) is 14.4 Å². The molecule has 10 heteroatoms. The smallest absolute Gasteiger partial charge is 0.247 e. The number of amides is 2. The second-order valence-corrected chi connectivity index (χ2v) is 13.5. The minimum absolute atomic E-state index is 0.0366. The highest BCUT2D eigenvalue weighted by Crippen LogP contribution is 2.40. The maximum atomic E-state index is 13.4. The number of imide groups is 1. The number of rotatable bonds is 16. The molecule has 2 amide bonds.